The third kappa shape index (κ3) is 15.1. The van der Waals surface area contributed by atoms with Gasteiger partial charge in [-0.2, -0.15) is 0 Å². The molecule has 5 heterocycles. The van der Waals surface area contributed by atoms with E-state index < -0.39 is 108 Å². The summed E-state index contributed by atoms with van der Waals surface area (Å²) in [5, 5.41) is 40.5. The lowest BCUT2D eigenvalue weighted by Crippen LogP contribution is -2.65. The lowest BCUT2D eigenvalue weighted by molar-refractivity contribution is -0.263. The molecule has 73 heavy (non-hydrogen) atoms. The van der Waals surface area contributed by atoms with Gasteiger partial charge >= 0.3 is 12.1 Å². The summed E-state index contributed by atoms with van der Waals surface area (Å²) in [6.45, 7) is 11.8. The number of Topliss-reactive ketones (excluding diaryl/α,β-unsaturated/α-hetero) is 3. The minimum absolute atomic E-state index is 0.0190. The number of rotatable bonds is 5. The fraction of sp³-hybridized carbons (Fsp3) is 0.750. The molecule has 0 radical (unpaired) electrons. The average Bonchev–Trinajstić information content (AvgIpc) is 3.37. The molecule has 17 heteroatoms. The molecule has 0 aromatic rings. The number of fused-ring (bicyclic) bond motifs is 4. The lowest BCUT2D eigenvalue weighted by atomic mass is 9.68. The summed E-state index contributed by atoms with van der Waals surface area (Å²) in [5.74, 6) is -8.55. The van der Waals surface area contributed by atoms with Gasteiger partial charge < -0.3 is 53.9 Å². The van der Waals surface area contributed by atoms with E-state index in [9.17, 15) is 44.1 Å². The summed E-state index contributed by atoms with van der Waals surface area (Å²) in [6.07, 6.45) is 12.3. The van der Waals surface area contributed by atoms with E-state index in [2.05, 4.69) is 0 Å². The second kappa shape index (κ2) is 27.6. The Kier molecular flexibility index (Phi) is 22.6. The summed E-state index contributed by atoms with van der Waals surface area (Å²) in [5.41, 5.74) is 1.44. The van der Waals surface area contributed by atoms with Crippen molar-refractivity contribution in [2.24, 2.45) is 41.4 Å². The topological polar surface area (TPSA) is 236 Å². The van der Waals surface area contributed by atoms with Crippen LogP contribution in [0.2, 0.25) is 0 Å². The summed E-state index contributed by atoms with van der Waals surface area (Å²) in [6, 6.07) is -1.15. The Labute approximate surface area is 432 Å². The number of allylic oxidation sites excluding steroid dienone is 7. The van der Waals surface area contributed by atoms with E-state index in [1.165, 1.54) is 12.0 Å². The van der Waals surface area contributed by atoms with Crippen LogP contribution in [0.4, 0.5) is 4.79 Å². The van der Waals surface area contributed by atoms with Crippen molar-refractivity contribution in [1.82, 2.24) is 9.80 Å². The number of carbonyl (C=O) groups excluding carboxylic acids is 6. The molecule has 1 saturated carbocycles. The summed E-state index contributed by atoms with van der Waals surface area (Å²) < 4.78 is 30.0. The van der Waals surface area contributed by atoms with Crippen molar-refractivity contribution >= 4 is 35.3 Å². The van der Waals surface area contributed by atoms with Crippen molar-refractivity contribution in [3.63, 3.8) is 0 Å². The molecular weight excluding hydrogens is 941 g/mol. The van der Waals surface area contributed by atoms with E-state index in [0.29, 0.717) is 102 Å². The molecule has 0 aromatic carbocycles. The molecule has 5 aliphatic heterocycles. The number of hydrogen-bond acceptors (Lipinski definition) is 15. The number of aliphatic hydroxyl groups is 4. The summed E-state index contributed by atoms with van der Waals surface area (Å²) in [4.78, 5) is 87.4. The fourth-order valence-corrected chi connectivity index (χ4v) is 12.0. The van der Waals surface area contributed by atoms with E-state index in [1.54, 1.807) is 38.9 Å². The number of hydrogen-bond donors (Lipinski definition) is 4. The first-order valence-corrected chi connectivity index (χ1v) is 26.8. The van der Waals surface area contributed by atoms with Gasteiger partial charge in [-0.15, -0.1) is 0 Å². The molecule has 0 aromatic heterocycles. The SMILES string of the molecule is CO.COC1CC(C[C@H]2C3CCCN4C(=O)C(=O)C5(O)O[C@H](CC/C(C)=C/C=C/C=C/[C@@H](C)CC(C)C(=O)[C@H](OC)C(O)/C(C)=C/[C@@H](C)C(=O)C[C@@H]2OC(=O)C34)CCC5C)CC[C@H]1OC(=O)N1CCC(O)CC1. The second-order valence-electron chi connectivity index (χ2n) is 21.8. The van der Waals surface area contributed by atoms with Gasteiger partial charge in [-0.05, 0) is 121 Å². The lowest BCUT2D eigenvalue weighted by Gasteiger charge is -2.50. The Balaban J connectivity index is 0.00000488. The molecular formula is C56H86N2O15. The molecule has 4 N–H and O–H groups in total. The van der Waals surface area contributed by atoms with E-state index in [0.717, 1.165) is 12.7 Å². The maximum absolute atomic E-state index is 14.5. The zero-order chi connectivity index (χ0) is 53.7. The number of ketones is 3. The Bertz CT molecular complexity index is 2030. The number of amides is 2. The predicted octanol–water partition coefficient (Wildman–Crippen LogP) is 5.99. The van der Waals surface area contributed by atoms with Crippen LogP contribution in [0.3, 0.4) is 0 Å². The van der Waals surface area contributed by atoms with Gasteiger partial charge in [-0.25, -0.2) is 9.59 Å². The van der Waals surface area contributed by atoms with Crippen LogP contribution in [0.5, 0.6) is 0 Å². The third-order valence-corrected chi connectivity index (χ3v) is 16.5. The normalized spacial score (nSPS) is 39.5. The third-order valence-electron chi connectivity index (χ3n) is 16.5. The summed E-state index contributed by atoms with van der Waals surface area (Å²) in [7, 11) is 3.96. The van der Waals surface area contributed by atoms with Crippen LogP contribution >= 0.6 is 0 Å². The molecule has 4 bridgehead atoms. The van der Waals surface area contributed by atoms with Crippen LogP contribution in [0, 0.1) is 41.4 Å². The number of esters is 1. The van der Waals surface area contributed by atoms with Crippen molar-refractivity contribution in [2.75, 3.05) is 41.0 Å². The number of ether oxygens (including phenoxy) is 5. The van der Waals surface area contributed by atoms with Crippen molar-refractivity contribution in [1.29, 1.82) is 0 Å². The first kappa shape index (κ1) is 59.8. The molecule has 5 fully saturated rings. The predicted molar refractivity (Wildman–Crippen MR) is 271 cm³/mol. The molecule has 410 valence electrons. The minimum Gasteiger partial charge on any atom is -0.460 e. The molecule has 0 spiro atoms. The number of aliphatic hydroxyl groups excluding tert-OH is 3. The molecule has 17 nitrogen and oxygen atoms in total. The Morgan fingerprint density at radius 1 is 0.836 bits per heavy atom. The Morgan fingerprint density at radius 2 is 1.55 bits per heavy atom. The molecule has 2 amide bonds. The van der Waals surface area contributed by atoms with Crippen LogP contribution in [-0.2, 0) is 47.7 Å². The van der Waals surface area contributed by atoms with Gasteiger partial charge in [-0.1, -0.05) is 69.7 Å². The number of likely N-dealkylation sites (tertiary alicyclic amines) is 1. The van der Waals surface area contributed by atoms with Crippen molar-refractivity contribution in [2.45, 2.75) is 186 Å². The zero-order valence-electron chi connectivity index (χ0n) is 44.8. The van der Waals surface area contributed by atoms with Crippen LogP contribution in [0.15, 0.2) is 47.6 Å². The zero-order valence-corrected chi connectivity index (χ0v) is 44.8. The maximum Gasteiger partial charge on any atom is 0.410 e. The maximum atomic E-state index is 14.5. The van der Waals surface area contributed by atoms with Crippen molar-refractivity contribution in [3.8, 4) is 0 Å². The standard InChI is InChI=1S/C55H82N2O14.CH4O/c1-32-13-10-9-11-14-33(2)27-35(4)48(60)50(68-8)49(61)36(5)28-34(3)43(59)31-45-42(29-38-18-21-44(46(30-38)67-7)70-54(65)56-25-22-39(58)23-26-56)41-15-12-24-57(47(41)53(64)69-45)52(63)51(62)55(66)37(6)17-20-40(71-55)19-16-32;1-2/h9-11,13-14,28,33-35,37-42,44-47,49-50,58,61,66H,12,15-27,29-31H2,1-8H3;2H,1H3/b10-9+,14-11+,32-13+,36-28+;/t33-,34-,35?,37?,38?,40-,41?,42+,44-,45+,46?,47?,49?,50+,55?;/m1./s1. The number of carbonyl (C=O) groups is 6. The van der Waals surface area contributed by atoms with E-state index in [1.807, 2.05) is 51.2 Å². The van der Waals surface area contributed by atoms with Gasteiger partial charge in [0.1, 0.15) is 36.2 Å². The smallest absolute Gasteiger partial charge is 0.410 e. The number of piperidine rings is 2. The van der Waals surface area contributed by atoms with Crippen LogP contribution < -0.4 is 0 Å². The minimum atomic E-state index is -2.40. The monoisotopic (exact) mass is 1030 g/mol. The number of methoxy groups -OCH3 is 2. The number of nitrogens with zero attached hydrogens (tertiary/aromatic N) is 2. The van der Waals surface area contributed by atoms with Crippen molar-refractivity contribution in [3.05, 3.63) is 47.6 Å². The molecule has 15 atom stereocenters. The van der Waals surface area contributed by atoms with E-state index >= 15 is 0 Å². The van der Waals surface area contributed by atoms with Gasteiger partial charge in [0.25, 0.3) is 11.7 Å². The van der Waals surface area contributed by atoms with Crippen LogP contribution in [0.25, 0.3) is 0 Å². The van der Waals surface area contributed by atoms with Crippen LogP contribution in [-0.4, -0.2) is 161 Å². The van der Waals surface area contributed by atoms with Crippen molar-refractivity contribution < 1.29 is 72.9 Å². The first-order valence-electron chi connectivity index (χ1n) is 26.8. The van der Waals surface area contributed by atoms with Gasteiger partial charge in [0.15, 0.2) is 5.78 Å². The second-order valence-corrected chi connectivity index (χ2v) is 21.8. The fourth-order valence-electron chi connectivity index (χ4n) is 12.0. The van der Waals surface area contributed by atoms with E-state index in [4.69, 9.17) is 28.8 Å². The Hall–Kier alpha value is -4.10. The highest BCUT2D eigenvalue weighted by Crippen LogP contribution is 2.46. The summed E-state index contributed by atoms with van der Waals surface area (Å²) >= 11 is 0. The molecule has 4 saturated heterocycles. The highest BCUT2D eigenvalue weighted by atomic mass is 16.6. The van der Waals surface area contributed by atoms with E-state index in [-0.39, 0.29) is 36.4 Å². The van der Waals surface area contributed by atoms with Gasteiger partial charge in [-0.3, -0.25) is 19.2 Å². The molecule has 6 rings (SSSR count). The highest BCUT2D eigenvalue weighted by molar-refractivity contribution is 6.39. The van der Waals surface area contributed by atoms with Gasteiger partial charge in [0, 0.05) is 71.1 Å². The Morgan fingerprint density at radius 3 is 2.23 bits per heavy atom. The largest absolute Gasteiger partial charge is 0.460 e. The van der Waals surface area contributed by atoms with Gasteiger partial charge in [0.05, 0.1) is 18.3 Å². The average molecular weight is 1030 g/mol. The molecule has 8 unspecified atom stereocenters. The molecule has 6 aliphatic rings. The van der Waals surface area contributed by atoms with Crippen LogP contribution in [0.1, 0.15) is 131 Å². The van der Waals surface area contributed by atoms with Gasteiger partial charge in [0.2, 0.25) is 5.79 Å². The molecule has 1 aliphatic carbocycles. The highest BCUT2D eigenvalue weighted by Gasteiger charge is 2.57. The quantitative estimate of drug-likeness (QED) is 0.141. The first-order chi connectivity index (χ1) is 34.8.